The molecule has 0 N–H and O–H groups in total. The third-order valence-electron chi connectivity index (χ3n) is 2.12. The molecule has 1 saturated heterocycles. The fraction of sp³-hybridized carbons (Fsp3) is 0.889. The van der Waals surface area contributed by atoms with Crippen LogP contribution in [-0.4, -0.2) is 17.3 Å². The van der Waals surface area contributed by atoms with Crippen molar-refractivity contribution in [3.05, 3.63) is 0 Å². The second-order valence-corrected chi connectivity index (χ2v) is 4.45. The highest BCUT2D eigenvalue weighted by molar-refractivity contribution is 8.00. The summed E-state index contributed by atoms with van der Waals surface area (Å²) in [7, 11) is 0. The molecule has 0 amide bonds. The lowest BCUT2D eigenvalue weighted by Gasteiger charge is -2.05. The van der Waals surface area contributed by atoms with Crippen molar-refractivity contribution in [3.8, 4) is 0 Å². The van der Waals surface area contributed by atoms with Crippen molar-refractivity contribution < 1.29 is 4.79 Å². The fourth-order valence-electron chi connectivity index (χ4n) is 1.40. The van der Waals surface area contributed by atoms with Gasteiger partial charge < -0.3 is 4.79 Å². The first-order valence-electron chi connectivity index (χ1n) is 4.50. The van der Waals surface area contributed by atoms with E-state index in [1.165, 1.54) is 37.9 Å². The largest absolute Gasteiger partial charge is 0.302 e. The smallest absolute Gasteiger partial charge is 0.132 e. The van der Waals surface area contributed by atoms with Gasteiger partial charge in [0.1, 0.15) is 6.29 Å². The maximum atomic E-state index is 10.5. The Labute approximate surface area is 72.9 Å². The van der Waals surface area contributed by atoms with Gasteiger partial charge in [-0.15, -0.1) is 0 Å². The van der Waals surface area contributed by atoms with Gasteiger partial charge >= 0.3 is 0 Å². The lowest BCUT2D eigenvalue weighted by molar-refractivity contribution is -0.107. The zero-order valence-electron chi connectivity index (χ0n) is 6.92. The zero-order valence-corrected chi connectivity index (χ0v) is 7.74. The van der Waals surface area contributed by atoms with Crippen LogP contribution < -0.4 is 0 Å². The van der Waals surface area contributed by atoms with E-state index in [0.717, 1.165) is 12.7 Å². The first-order valence-corrected chi connectivity index (χ1v) is 5.55. The van der Waals surface area contributed by atoms with Crippen LogP contribution in [0.25, 0.3) is 0 Å². The zero-order chi connectivity index (χ0) is 7.94. The summed E-state index contributed by atoms with van der Waals surface area (Å²) in [6.45, 7) is 0. The number of hydrogen-bond acceptors (Lipinski definition) is 2. The summed E-state index contributed by atoms with van der Waals surface area (Å²) in [6, 6.07) is 0. The minimum atomic E-state index is 0.299. The van der Waals surface area contributed by atoms with E-state index in [2.05, 4.69) is 0 Å². The van der Waals surface area contributed by atoms with Crippen molar-refractivity contribution in [3.63, 3.8) is 0 Å². The van der Waals surface area contributed by atoms with Gasteiger partial charge in [0.05, 0.1) is 5.25 Å². The summed E-state index contributed by atoms with van der Waals surface area (Å²) in [5.74, 6) is 1.18. The van der Waals surface area contributed by atoms with E-state index in [4.69, 9.17) is 0 Å². The number of carbonyl (C=O) groups is 1. The van der Waals surface area contributed by atoms with Gasteiger partial charge in [-0.25, -0.2) is 0 Å². The minimum Gasteiger partial charge on any atom is -0.302 e. The molecule has 2 heteroatoms. The quantitative estimate of drug-likeness (QED) is 0.566. The highest BCUT2D eigenvalue weighted by atomic mass is 32.2. The third-order valence-corrected chi connectivity index (χ3v) is 3.42. The van der Waals surface area contributed by atoms with Crippen molar-refractivity contribution in [1.29, 1.82) is 0 Å². The second kappa shape index (κ2) is 5.64. The van der Waals surface area contributed by atoms with Crippen LogP contribution in [0, 0.1) is 0 Å². The molecule has 1 aliphatic rings. The van der Waals surface area contributed by atoms with E-state index in [-0.39, 0.29) is 0 Å². The van der Waals surface area contributed by atoms with Gasteiger partial charge in [-0.05, 0) is 18.6 Å². The van der Waals surface area contributed by atoms with Crippen LogP contribution in [0.15, 0.2) is 0 Å². The average Bonchev–Trinajstić information content (AvgIpc) is 2.16. The van der Waals surface area contributed by atoms with Gasteiger partial charge in [0.15, 0.2) is 0 Å². The Morgan fingerprint density at radius 2 is 1.82 bits per heavy atom. The predicted molar refractivity (Wildman–Crippen MR) is 50.0 cm³/mol. The Hall–Kier alpha value is 0.0200. The molecule has 0 saturated carbocycles. The lowest BCUT2D eigenvalue weighted by Crippen LogP contribution is -2.03. The van der Waals surface area contributed by atoms with Crippen molar-refractivity contribution in [2.24, 2.45) is 0 Å². The van der Waals surface area contributed by atoms with E-state index in [9.17, 15) is 4.79 Å². The summed E-state index contributed by atoms with van der Waals surface area (Å²) in [5, 5.41) is 0.299. The molecule has 1 fully saturated rings. The van der Waals surface area contributed by atoms with Crippen LogP contribution in [0.5, 0.6) is 0 Å². The normalized spacial score (nSPS) is 28.2. The van der Waals surface area contributed by atoms with Gasteiger partial charge in [0, 0.05) is 0 Å². The summed E-state index contributed by atoms with van der Waals surface area (Å²) >= 11 is 1.84. The topological polar surface area (TPSA) is 17.1 Å². The molecule has 1 unspecified atom stereocenters. The Balaban J connectivity index is 2.24. The molecule has 1 rings (SSSR count). The first-order chi connectivity index (χ1) is 5.43. The molecule has 0 aromatic carbocycles. The maximum Gasteiger partial charge on any atom is 0.132 e. The van der Waals surface area contributed by atoms with Gasteiger partial charge in [0.2, 0.25) is 0 Å². The molecule has 0 aromatic rings. The van der Waals surface area contributed by atoms with E-state index in [1.807, 2.05) is 11.8 Å². The number of aldehydes is 1. The molecule has 0 aliphatic carbocycles. The summed E-state index contributed by atoms with van der Waals surface area (Å²) in [4.78, 5) is 10.5. The fourth-order valence-corrected chi connectivity index (χ4v) is 2.49. The highest BCUT2D eigenvalue weighted by Crippen LogP contribution is 2.21. The standard InChI is InChI=1S/C9H16OS/c10-8-9-6-4-2-1-3-5-7-11-9/h8-9H,1-7H2. The number of carbonyl (C=O) groups excluding carboxylic acids is 1. The van der Waals surface area contributed by atoms with Crippen LogP contribution in [-0.2, 0) is 4.79 Å². The SMILES string of the molecule is O=CC1CCCCCCCS1. The Kier molecular flexibility index (Phi) is 4.67. The van der Waals surface area contributed by atoms with E-state index < -0.39 is 0 Å². The molecule has 0 aromatic heterocycles. The van der Waals surface area contributed by atoms with Crippen LogP contribution >= 0.6 is 11.8 Å². The van der Waals surface area contributed by atoms with Gasteiger partial charge in [0.25, 0.3) is 0 Å². The number of hydrogen-bond donors (Lipinski definition) is 0. The lowest BCUT2D eigenvalue weighted by atomic mass is 10.1. The first kappa shape index (κ1) is 9.11. The van der Waals surface area contributed by atoms with Crippen LogP contribution in [0.2, 0.25) is 0 Å². The van der Waals surface area contributed by atoms with Crippen LogP contribution in [0.4, 0.5) is 0 Å². The Bertz CT molecular complexity index is 104. The predicted octanol–water partition coefficient (Wildman–Crippen LogP) is 2.64. The third kappa shape index (κ3) is 3.80. The number of rotatable bonds is 1. The van der Waals surface area contributed by atoms with Crippen molar-refractivity contribution in [2.75, 3.05) is 5.75 Å². The molecule has 1 aliphatic heterocycles. The van der Waals surface area contributed by atoms with Crippen LogP contribution in [0.3, 0.4) is 0 Å². The highest BCUT2D eigenvalue weighted by Gasteiger charge is 2.08. The van der Waals surface area contributed by atoms with E-state index in [1.54, 1.807) is 0 Å². The minimum absolute atomic E-state index is 0.299. The van der Waals surface area contributed by atoms with Gasteiger partial charge in [-0.1, -0.05) is 25.7 Å². The molecular formula is C9H16OS. The Morgan fingerprint density at radius 3 is 2.64 bits per heavy atom. The second-order valence-electron chi connectivity index (χ2n) is 3.10. The Morgan fingerprint density at radius 1 is 1.09 bits per heavy atom. The average molecular weight is 172 g/mol. The molecule has 0 bridgehead atoms. The molecule has 1 atom stereocenters. The molecule has 1 heterocycles. The van der Waals surface area contributed by atoms with Crippen LogP contribution in [0.1, 0.15) is 38.5 Å². The summed E-state index contributed by atoms with van der Waals surface area (Å²) in [5.41, 5.74) is 0. The molecule has 1 nitrogen and oxygen atoms in total. The molecule has 0 radical (unpaired) electrons. The molecule has 64 valence electrons. The molecule has 0 spiro atoms. The number of thioether (sulfide) groups is 1. The summed E-state index contributed by atoms with van der Waals surface area (Å²) < 4.78 is 0. The molecular weight excluding hydrogens is 156 g/mol. The van der Waals surface area contributed by atoms with Crippen molar-refractivity contribution >= 4 is 18.0 Å². The van der Waals surface area contributed by atoms with Gasteiger partial charge in [-0.3, -0.25) is 0 Å². The van der Waals surface area contributed by atoms with Crippen molar-refractivity contribution in [2.45, 2.75) is 43.8 Å². The maximum absolute atomic E-state index is 10.5. The van der Waals surface area contributed by atoms with Gasteiger partial charge in [-0.2, -0.15) is 11.8 Å². The monoisotopic (exact) mass is 172 g/mol. The van der Waals surface area contributed by atoms with E-state index in [0.29, 0.717) is 5.25 Å². The molecule has 11 heavy (non-hydrogen) atoms. The van der Waals surface area contributed by atoms with Crippen molar-refractivity contribution in [1.82, 2.24) is 0 Å². The van der Waals surface area contributed by atoms with E-state index >= 15 is 0 Å². The summed E-state index contributed by atoms with van der Waals surface area (Å²) in [6.07, 6.45) is 8.82.